The third kappa shape index (κ3) is 4.02. The lowest BCUT2D eigenvalue weighted by Crippen LogP contribution is -2.02. The number of benzene rings is 2. The first-order valence-corrected chi connectivity index (χ1v) is 8.79. The average molecular weight is 410 g/mol. The number of thioether (sulfide) groups is 1. The number of halogens is 2. The summed E-state index contributed by atoms with van der Waals surface area (Å²) in [7, 11) is 0. The van der Waals surface area contributed by atoms with Crippen molar-refractivity contribution in [1.82, 2.24) is 10.2 Å². The Labute approximate surface area is 150 Å². The van der Waals surface area contributed by atoms with Crippen LogP contribution in [-0.2, 0) is 0 Å². The third-order valence-electron chi connectivity index (χ3n) is 2.98. The molecule has 0 atom stereocenters. The Morgan fingerprint density at radius 3 is 2.78 bits per heavy atom. The van der Waals surface area contributed by atoms with Gasteiger partial charge in [-0.15, -0.1) is 10.2 Å². The molecule has 0 spiro atoms. The van der Waals surface area contributed by atoms with Gasteiger partial charge < -0.3 is 4.42 Å². The van der Waals surface area contributed by atoms with E-state index in [1.165, 1.54) is 11.8 Å². The Hall–Kier alpha value is -1.63. The molecule has 0 unspecified atom stereocenters. The van der Waals surface area contributed by atoms with E-state index in [1.54, 1.807) is 24.3 Å². The van der Waals surface area contributed by atoms with Crippen molar-refractivity contribution in [3.8, 4) is 11.5 Å². The fourth-order valence-corrected chi connectivity index (χ4v) is 3.19. The van der Waals surface area contributed by atoms with Crippen LogP contribution in [0.5, 0.6) is 0 Å². The van der Waals surface area contributed by atoms with Crippen LogP contribution in [0.15, 0.2) is 62.6 Å². The van der Waals surface area contributed by atoms with Gasteiger partial charge in [-0.3, -0.25) is 4.79 Å². The minimum absolute atomic E-state index is 0.0807. The maximum Gasteiger partial charge on any atom is 0.277 e. The molecule has 0 aliphatic carbocycles. The van der Waals surface area contributed by atoms with Gasteiger partial charge in [-0.25, -0.2) is 0 Å². The van der Waals surface area contributed by atoms with E-state index < -0.39 is 0 Å². The molecule has 0 saturated heterocycles. The molecule has 4 nitrogen and oxygen atoms in total. The van der Waals surface area contributed by atoms with Crippen molar-refractivity contribution in [3.05, 3.63) is 63.6 Å². The second-order valence-electron chi connectivity index (χ2n) is 4.58. The van der Waals surface area contributed by atoms with E-state index in [0.717, 1.165) is 10.0 Å². The summed E-state index contributed by atoms with van der Waals surface area (Å²) in [5, 5.41) is 8.75. The fraction of sp³-hybridized carbons (Fsp3) is 0.0625. The maximum absolute atomic E-state index is 12.2. The summed E-state index contributed by atoms with van der Waals surface area (Å²) in [6.45, 7) is 0. The van der Waals surface area contributed by atoms with Crippen molar-refractivity contribution in [1.29, 1.82) is 0 Å². The average Bonchev–Trinajstić information content (AvgIpc) is 3.02. The molecule has 0 bridgehead atoms. The van der Waals surface area contributed by atoms with E-state index >= 15 is 0 Å². The van der Waals surface area contributed by atoms with E-state index in [-0.39, 0.29) is 11.5 Å². The number of carbonyl (C=O) groups excluding carboxylic acids is 1. The van der Waals surface area contributed by atoms with Crippen molar-refractivity contribution in [2.24, 2.45) is 0 Å². The summed E-state index contributed by atoms with van der Waals surface area (Å²) in [5.41, 5.74) is 1.31. The highest BCUT2D eigenvalue weighted by Gasteiger charge is 2.14. The molecule has 0 amide bonds. The van der Waals surface area contributed by atoms with E-state index in [0.29, 0.717) is 21.7 Å². The third-order valence-corrected chi connectivity index (χ3v) is 4.62. The standard InChI is InChI=1S/C16H10BrClN2O2S/c17-11-5-3-4-10(8-11)15-19-20-16(22-15)23-9-14(21)12-6-1-2-7-13(12)18/h1-8H,9H2. The van der Waals surface area contributed by atoms with Crippen LogP contribution in [0.3, 0.4) is 0 Å². The number of carbonyl (C=O) groups is 1. The van der Waals surface area contributed by atoms with Crippen molar-refractivity contribution in [2.45, 2.75) is 5.22 Å². The SMILES string of the molecule is O=C(CSc1nnc(-c2cccc(Br)c2)o1)c1ccccc1Cl. The number of rotatable bonds is 5. The van der Waals surface area contributed by atoms with Crippen LogP contribution < -0.4 is 0 Å². The number of ketones is 1. The molecule has 3 rings (SSSR count). The van der Waals surface area contributed by atoms with Crippen molar-refractivity contribution in [3.63, 3.8) is 0 Å². The Bertz CT molecular complexity index is 853. The van der Waals surface area contributed by atoms with E-state index in [4.69, 9.17) is 16.0 Å². The Balaban J connectivity index is 1.68. The van der Waals surface area contributed by atoms with Crippen LogP contribution >= 0.6 is 39.3 Å². The van der Waals surface area contributed by atoms with Gasteiger partial charge >= 0.3 is 0 Å². The van der Waals surface area contributed by atoms with Crippen molar-refractivity contribution in [2.75, 3.05) is 5.75 Å². The summed E-state index contributed by atoms with van der Waals surface area (Å²) in [6.07, 6.45) is 0. The van der Waals surface area contributed by atoms with Crippen molar-refractivity contribution < 1.29 is 9.21 Å². The summed E-state index contributed by atoms with van der Waals surface area (Å²) in [5.74, 6) is 0.519. The van der Waals surface area contributed by atoms with Crippen LogP contribution in [-0.4, -0.2) is 21.7 Å². The summed E-state index contributed by atoms with van der Waals surface area (Å²) in [6, 6.07) is 14.5. The van der Waals surface area contributed by atoms with Gasteiger partial charge in [-0.1, -0.05) is 57.5 Å². The molecule has 3 aromatic rings. The number of aromatic nitrogens is 2. The molecule has 0 aliphatic rings. The largest absolute Gasteiger partial charge is 0.411 e. The Morgan fingerprint density at radius 2 is 2.00 bits per heavy atom. The van der Waals surface area contributed by atoms with Gasteiger partial charge in [0.1, 0.15) is 0 Å². The fourth-order valence-electron chi connectivity index (χ4n) is 1.90. The highest BCUT2D eigenvalue weighted by molar-refractivity contribution is 9.10. The summed E-state index contributed by atoms with van der Waals surface area (Å²) < 4.78 is 6.50. The van der Waals surface area contributed by atoms with Crippen LogP contribution in [0.1, 0.15) is 10.4 Å². The molecule has 23 heavy (non-hydrogen) atoms. The highest BCUT2D eigenvalue weighted by atomic mass is 79.9. The van der Waals surface area contributed by atoms with E-state index in [9.17, 15) is 4.79 Å². The van der Waals surface area contributed by atoms with Crippen LogP contribution in [0.25, 0.3) is 11.5 Å². The van der Waals surface area contributed by atoms with Gasteiger partial charge in [0.2, 0.25) is 5.89 Å². The van der Waals surface area contributed by atoms with Gasteiger partial charge in [0, 0.05) is 15.6 Å². The Kier molecular flexibility index (Phi) is 5.15. The monoisotopic (exact) mass is 408 g/mol. The molecule has 2 aromatic carbocycles. The number of Topliss-reactive ketones (excluding diaryl/α,β-unsaturated/α-hetero) is 1. The lowest BCUT2D eigenvalue weighted by Gasteiger charge is -2.01. The molecule has 1 heterocycles. The van der Waals surface area contributed by atoms with Crippen molar-refractivity contribution >= 4 is 45.1 Å². The molecule has 1 aromatic heterocycles. The first kappa shape index (κ1) is 16.2. The number of hydrogen-bond acceptors (Lipinski definition) is 5. The van der Waals surface area contributed by atoms with E-state index in [1.807, 2.05) is 24.3 Å². The van der Waals surface area contributed by atoms with Gasteiger partial charge in [-0.2, -0.15) is 0 Å². The molecule has 0 aliphatic heterocycles. The van der Waals surface area contributed by atoms with E-state index in [2.05, 4.69) is 26.1 Å². The normalized spacial score (nSPS) is 10.7. The van der Waals surface area contributed by atoms with Crippen LogP contribution in [0, 0.1) is 0 Å². The number of hydrogen-bond donors (Lipinski definition) is 0. The predicted molar refractivity (Wildman–Crippen MR) is 93.9 cm³/mol. The summed E-state index contributed by atoms with van der Waals surface area (Å²) in [4.78, 5) is 12.2. The van der Waals surface area contributed by atoms with Gasteiger partial charge in [-0.05, 0) is 30.3 Å². The summed E-state index contributed by atoms with van der Waals surface area (Å²) >= 11 is 10.6. The lowest BCUT2D eigenvalue weighted by atomic mass is 10.1. The smallest absolute Gasteiger partial charge is 0.277 e. The molecule has 0 N–H and O–H groups in total. The Morgan fingerprint density at radius 1 is 1.17 bits per heavy atom. The van der Waals surface area contributed by atoms with Gasteiger partial charge in [0.05, 0.1) is 10.8 Å². The molecule has 0 fully saturated rings. The zero-order valence-electron chi connectivity index (χ0n) is 11.7. The van der Waals surface area contributed by atoms with Crippen LogP contribution in [0.2, 0.25) is 5.02 Å². The maximum atomic E-state index is 12.2. The molecule has 0 radical (unpaired) electrons. The molecular weight excluding hydrogens is 400 g/mol. The van der Waals surface area contributed by atoms with Gasteiger partial charge in [0.15, 0.2) is 5.78 Å². The first-order chi connectivity index (χ1) is 11.1. The topological polar surface area (TPSA) is 56.0 Å². The molecule has 0 saturated carbocycles. The highest BCUT2D eigenvalue weighted by Crippen LogP contribution is 2.26. The minimum atomic E-state index is -0.0807. The van der Waals surface area contributed by atoms with Gasteiger partial charge in [0.25, 0.3) is 5.22 Å². The second kappa shape index (κ2) is 7.29. The zero-order valence-corrected chi connectivity index (χ0v) is 14.9. The molecular formula is C16H10BrClN2O2S. The quantitative estimate of drug-likeness (QED) is 0.432. The molecule has 116 valence electrons. The first-order valence-electron chi connectivity index (χ1n) is 6.63. The van der Waals surface area contributed by atoms with Crippen LogP contribution in [0.4, 0.5) is 0 Å². The lowest BCUT2D eigenvalue weighted by molar-refractivity contribution is 0.102. The minimum Gasteiger partial charge on any atom is -0.411 e. The number of nitrogens with zero attached hydrogens (tertiary/aromatic N) is 2. The predicted octanol–water partition coefficient (Wildman–Crippen LogP) is 5.13. The zero-order chi connectivity index (χ0) is 16.2. The molecule has 7 heteroatoms. The second-order valence-corrected chi connectivity index (χ2v) is 6.82.